The minimum Gasteiger partial charge on any atom is -0.481 e. The van der Waals surface area contributed by atoms with E-state index in [9.17, 15) is 9.59 Å². The van der Waals surface area contributed by atoms with Crippen LogP contribution in [-0.4, -0.2) is 53.8 Å². The van der Waals surface area contributed by atoms with Gasteiger partial charge in [0.05, 0.1) is 6.10 Å². The predicted octanol–water partition coefficient (Wildman–Crippen LogP) is 1.84. The molecule has 1 atom stereocenters. The van der Waals surface area contributed by atoms with Crippen LogP contribution in [0, 0.1) is 0 Å². The number of carbonyl (C=O) groups excluding carboxylic acids is 1. The third-order valence-corrected chi connectivity index (χ3v) is 3.43. The smallest absolute Gasteiger partial charge is 0.317 e. The van der Waals surface area contributed by atoms with Crippen molar-refractivity contribution >= 4 is 12.0 Å². The van der Waals surface area contributed by atoms with E-state index in [1.807, 2.05) is 13.8 Å². The monoisotopic (exact) mass is 286 g/mol. The normalized spacial score (nSPS) is 18.9. The number of aliphatic carboxylic acids is 1. The fraction of sp³-hybridized carbons (Fsp3) is 0.857. The van der Waals surface area contributed by atoms with Crippen molar-refractivity contribution in [3.8, 4) is 0 Å². The van der Waals surface area contributed by atoms with E-state index in [0.717, 1.165) is 25.9 Å². The first-order valence-electron chi connectivity index (χ1n) is 7.38. The topological polar surface area (TPSA) is 78.9 Å². The Labute approximate surface area is 120 Å². The minimum absolute atomic E-state index is 0.0519. The van der Waals surface area contributed by atoms with Crippen molar-refractivity contribution < 1.29 is 19.4 Å². The first-order valence-corrected chi connectivity index (χ1v) is 7.38. The van der Waals surface area contributed by atoms with Crippen molar-refractivity contribution in [1.82, 2.24) is 10.2 Å². The molecule has 1 rings (SSSR count). The highest BCUT2D eigenvalue weighted by atomic mass is 16.5. The summed E-state index contributed by atoms with van der Waals surface area (Å²) < 4.78 is 5.57. The maximum absolute atomic E-state index is 12.1. The highest BCUT2D eigenvalue weighted by Gasteiger charge is 2.19. The van der Waals surface area contributed by atoms with Gasteiger partial charge in [-0.25, -0.2) is 4.79 Å². The summed E-state index contributed by atoms with van der Waals surface area (Å²) in [6.45, 7) is 5.62. The van der Waals surface area contributed by atoms with Gasteiger partial charge in [-0.3, -0.25) is 4.79 Å². The van der Waals surface area contributed by atoms with Crippen LogP contribution in [0.2, 0.25) is 0 Å². The number of nitrogens with zero attached hydrogens (tertiary/aromatic N) is 1. The van der Waals surface area contributed by atoms with E-state index in [2.05, 4.69) is 5.32 Å². The lowest BCUT2D eigenvalue weighted by Gasteiger charge is -2.29. The number of carboxylic acids is 1. The standard InChI is InChI=1S/C14H26N2O4/c1-11(2)16(8-5-7-13(17)18)14(19)15-10-12-6-3-4-9-20-12/h11-12H,3-10H2,1-2H3,(H,15,19)(H,17,18). The van der Waals surface area contributed by atoms with Crippen LogP contribution < -0.4 is 5.32 Å². The average molecular weight is 286 g/mol. The molecule has 6 nitrogen and oxygen atoms in total. The molecular weight excluding hydrogens is 260 g/mol. The van der Waals surface area contributed by atoms with Gasteiger partial charge in [-0.15, -0.1) is 0 Å². The molecule has 0 aromatic carbocycles. The van der Waals surface area contributed by atoms with Gasteiger partial charge in [0.2, 0.25) is 0 Å². The lowest BCUT2D eigenvalue weighted by Crippen LogP contribution is -2.47. The summed E-state index contributed by atoms with van der Waals surface area (Å²) >= 11 is 0. The number of rotatable bonds is 7. The van der Waals surface area contributed by atoms with Gasteiger partial charge in [0.1, 0.15) is 0 Å². The molecule has 2 N–H and O–H groups in total. The molecule has 0 bridgehead atoms. The molecule has 0 aliphatic carbocycles. The molecule has 1 aliphatic rings. The number of nitrogens with one attached hydrogen (secondary N) is 1. The van der Waals surface area contributed by atoms with Crippen LogP contribution in [0.25, 0.3) is 0 Å². The molecule has 0 saturated carbocycles. The SMILES string of the molecule is CC(C)N(CCCC(=O)O)C(=O)NCC1CCCCO1. The number of carboxylic acid groups (broad SMARTS) is 1. The van der Waals surface area contributed by atoms with Crippen LogP contribution in [0.4, 0.5) is 4.79 Å². The van der Waals surface area contributed by atoms with Gasteiger partial charge < -0.3 is 20.1 Å². The van der Waals surface area contributed by atoms with Gasteiger partial charge in [0.25, 0.3) is 0 Å². The Bertz CT molecular complexity index is 314. The summed E-state index contributed by atoms with van der Waals surface area (Å²) in [7, 11) is 0. The third kappa shape index (κ3) is 6.23. The molecule has 1 saturated heterocycles. The number of amides is 2. The molecule has 6 heteroatoms. The highest BCUT2D eigenvalue weighted by molar-refractivity contribution is 5.74. The predicted molar refractivity (Wildman–Crippen MR) is 75.7 cm³/mol. The zero-order chi connectivity index (χ0) is 15.0. The largest absolute Gasteiger partial charge is 0.481 e. The maximum atomic E-state index is 12.1. The van der Waals surface area contributed by atoms with Crippen molar-refractivity contribution in [2.24, 2.45) is 0 Å². The summed E-state index contributed by atoms with van der Waals surface area (Å²) in [5.41, 5.74) is 0. The number of hydrogen-bond donors (Lipinski definition) is 2. The molecule has 0 aromatic rings. The van der Waals surface area contributed by atoms with Gasteiger partial charge in [0.15, 0.2) is 0 Å². The molecule has 1 fully saturated rings. The molecule has 1 unspecified atom stereocenters. The number of urea groups is 1. The highest BCUT2D eigenvalue weighted by Crippen LogP contribution is 2.12. The first kappa shape index (κ1) is 16.8. The zero-order valence-corrected chi connectivity index (χ0v) is 12.4. The van der Waals surface area contributed by atoms with Crippen molar-refractivity contribution in [2.45, 2.75) is 58.1 Å². The van der Waals surface area contributed by atoms with Crippen LogP contribution >= 0.6 is 0 Å². The third-order valence-electron chi connectivity index (χ3n) is 3.43. The number of carbonyl (C=O) groups is 2. The van der Waals surface area contributed by atoms with Crippen LogP contribution in [-0.2, 0) is 9.53 Å². The van der Waals surface area contributed by atoms with Crippen LogP contribution in [0.3, 0.4) is 0 Å². The van der Waals surface area contributed by atoms with E-state index < -0.39 is 5.97 Å². The Kier molecular flexibility index (Phi) is 7.36. The molecule has 20 heavy (non-hydrogen) atoms. The van der Waals surface area contributed by atoms with Crippen molar-refractivity contribution in [3.63, 3.8) is 0 Å². The molecular formula is C14H26N2O4. The lowest BCUT2D eigenvalue weighted by molar-refractivity contribution is -0.137. The second-order valence-corrected chi connectivity index (χ2v) is 5.46. The van der Waals surface area contributed by atoms with Crippen molar-refractivity contribution in [2.75, 3.05) is 19.7 Å². The Morgan fingerprint density at radius 2 is 2.15 bits per heavy atom. The molecule has 1 heterocycles. The first-order chi connectivity index (χ1) is 9.50. The summed E-state index contributed by atoms with van der Waals surface area (Å²) in [6, 6.07) is -0.0874. The van der Waals surface area contributed by atoms with Gasteiger partial charge >= 0.3 is 12.0 Å². The van der Waals surface area contributed by atoms with Gasteiger partial charge in [-0.2, -0.15) is 0 Å². The Morgan fingerprint density at radius 1 is 1.40 bits per heavy atom. The average Bonchev–Trinajstić information content (AvgIpc) is 2.41. The van der Waals surface area contributed by atoms with Crippen LogP contribution in [0.15, 0.2) is 0 Å². The fourth-order valence-corrected chi connectivity index (χ4v) is 2.27. The Morgan fingerprint density at radius 3 is 2.70 bits per heavy atom. The summed E-state index contributed by atoms with van der Waals surface area (Å²) in [5.74, 6) is -0.829. The van der Waals surface area contributed by atoms with E-state index in [1.165, 1.54) is 0 Å². The molecule has 0 aromatic heterocycles. The molecule has 2 amide bonds. The van der Waals surface area contributed by atoms with Gasteiger partial charge in [-0.05, 0) is 39.5 Å². The molecule has 116 valence electrons. The van der Waals surface area contributed by atoms with Gasteiger partial charge in [0, 0.05) is 32.2 Å². The molecule has 0 radical (unpaired) electrons. The summed E-state index contributed by atoms with van der Waals surface area (Å²) in [4.78, 5) is 24.3. The van der Waals surface area contributed by atoms with E-state index in [0.29, 0.717) is 19.5 Å². The summed E-state index contributed by atoms with van der Waals surface area (Å²) in [6.07, 6.45) is 3.90. The Hall–Kier alpha value is -1.30. The fourth-order valence-electron chi connectivity index (χ4n) is 2.27. The Balaban J connectivity index is 2.32. The van der Waals surface area contributed by atoms with Crippen molar-refractivity contribution in [3.05, 3.63) is 0 Å². The molecule has 0 spiro atoms. The van der Waals surface area contributed by atoms with Crippen LogP contribution in [0.5, 0.6) is 0 Å². The maximum Gasteiger partial charge on any atom is 0.317 e. The van der Waals surface area contributed by atoms with Crippen molar-refractivity contribution in [1.29, 1.82) is 0 Å². The minimum atomic E-state index is -0.829. The van der Waals surface area contributed by atoms with E-state index >= 15 is 0 Å². The zero-order valence-electron chi connectivity index (χ0n) is 12.4. The van der Waals surface area contributed by atoms with E-state index in [1.54, 1.807) is 4.90 Å². The van der Waals surface area contributed by atoms with E-state index in [4.69, 9.17) is 9.84 Å². The molecule has 1 aliphatic heterocycles. The summed E-state index contributed by atoms with van der Waals surface area (Å²) in [5, 5.41) is 11.5. The number of hydrogen-bond acceptors (Lipinski definition) is 3. The lowest BCUT2D eigenvalue weighted by atomic mass is 10.1. The second kappa shape index (κ2) is 8.79. The second-order valence-electron chi connectivity index (χ2n) is 5.46. The van der Waals surface area contributed by atoms with Gasteiger partial charge in [-0.1, -0.05) is 0 Å². The quantitative estimate of drug-likeness (QED) is 0.748. The number of ether oxygens (including phenoxy) is 1. The van der Waals surface area contributed by atoms with E-state index in [-0.39, 0.29) is 24.6 Å². The van der Waals surface area contributed by atoms with Crippen LogP contribution in [0.1, 0.15) is 46.0 Å².